The van der Waals surface area contributed by atoms with Crippen LogP contribution in [0.15, 0.2) is 4.99 Å². The number of hydrogen-bond acceptors (Lipinski definition) is 4. The molecule has 0 spiro atoms. The average molecular weight is 347 g/mol. The largest absolute Gasteiger partial charge is 0.388 e. The highest BCUT2D eigenvalue weighted by Crippen LogP contribution is 2.14. The maximum absolute atomic E-state index is 4.25. The van der Waals surface area contributed by atoms with Gasteiger partial charge in [0.1, 0.15) is 0 Å². The van der Waals surface area contributed by atoms with Gasteiger partial charge in [-0.3, -0.25) is 0 Å². The van der Waals surface area contributed by atoms with E-state index in [9.17, 15) is 0 Å². The standard InChI is InChI=1S/C3H9N.C3H9P.C2H5N.C2H6O.C2H5P.C2H6S/c2*1-4(2)3;4*1-3-2/h2*1-3H3;1H2,2H3;1-2H3;1H2,2H3;1-2H3. The summed E-state index contributed by atoms with van der Waals surface area (Å²) in [6, 6.07) is 0. The summed E-state index contributed by atoms with van der Waals surface area (Å²) in [7, 11) is 12.4. The third-order valence-corrected chi connectivity index (χ3v) is 0. The van der Waals surface area contributed by atoms with Crippen LogP contribution in [0, 0.1) is 0 Å². The Morgan fingerprint density at radius 3 is 1.10 bits per heavy atom. The maximum atomic E-state index is 4.25. The molecule has 0 aliphatic rings. The number of rotatable bonds is 0. The molecule has 0 amide bonds. The van der Waals surface area contributed by atoms with Crippen molar-refractivity contribution in [1.82, 2.24) is 4.90 Å². The molecule has 128 valence electrons. The van der Waals surface area contributed by atoms with Crippen LogP contribution in [-0.4, -0.2) is 99.5 Å². The lowest BCUT2D eigenvalue weighted by molar-refractivity contribution is 0.277. The van der Waals surface area contributed by atoms with Crippen molar-refractivity contribution in [3.63, 3.8) is 0 Å². The summed E-state index contributed by atoms with van der Waals surface area (Å²) in [6.45, 7) is 11.8. The summed E-state index contributed by atoms with van der Waals surface area (Å²) in [6.07, 6.45) is 7.54. The normalized spacial score (nSPS) is 7.10. The van der Waals surface area contributed by atoms with E-state index in [0.29, 0.717) is 7.92 Å². The quantitative estimate of drug-likeness (QED) is 0.488. The second kappa shape index (κ2) is 60.5. The third kappa shape index (κ3) is 19600. The molecule has 0 aromatic rings. The predicted octanol–water partition coefficient (Wildman–Crippen LogP) is 4.09. The second-order valence-electron chi connectivity index (χ2n) is 4.13. The number of thioether (sulfide) groups is 1. The molecule has 6 heteroatoms. The van der Waals surface area contributed by atoms with Gasteiger partial charge in [-0.05, 0) is 67.0 Å². The molecule has 3 nitrogen and oxygen atoms in total. The molecule has 20 heavy (non-hydrogen) atoms. The van der Waals surface area contributed by atoms with E-state index in [1.54, 1.807) is 33.0 Å². The van der Waals surface area contributed by atoms with Crippen molar-refractivity contribution in [3.05, 3.63) is 0 Å². The van der Waals surface area contributed by atoms with E-state index >= 15 is 0 Å². The molecule has 0 fully saturated rings. The van der Waals surface area contributed by atoms with Crippen molar-refractivity contribution in [2.75, 3.05) is 81.6 Å². The Morgan fingerprint density at radius 2 is 1.10 bits per heavy atom. The highest BCUT2D eigenvalue weighted by Gasteiger charge is 1.65. The lowest BCUT2D eigenvalue weighted by Gasteiger charge is -1.90. The Labute approximate surface area is 137 Å². The van der Waals surface area contributed by atoms with Crippen LogP contribution in [0.25, 0.3) is 0 Å². The minimum atomic E-state index is 0.380. The van der Waals surface area contributed by atoms with Crippen LogP contribution in [0.1, 0.15) is 0 Å². The first kappa shape index (κ1) is 37.1. The number of hydrogen-bond donors (Lipinski definition) is 0. The summed E-state index contributed by atoms with van der Waals surface area (Å²) in [5.41, 5.74) is 0. The van der Waals surface area contributed by atoms with Gasteiger partial charge in [0.15, 0.2) is 0 Å². The molecule has 0 aromatic heterocycles. The van der Waals surface area contributed by atoms with Crippen LogP contribution in [0.2, 0.25) is 0 Å². The maximum Gasteiger partial charge on any atom is 0.0351 e. The molecule has 0 atom stereocenters. The Bertz CT molecular complexity index is 108. The molecule has 0 aliphatic heterocycles. The van der Waals surface area contributed by atoms with E-state index in [1.165, 1.54) is 8.20 Å². The number of methoxy groups -OCH3 is 1. The summed E-state index contributed by atoms with van der Waals surface area (Å²) in [5.74, 6) is 0. The number of nitrogens with zero attached hydrogens (tertiary/aromatic N) is 2. The van der Waals surface area contributed by atoms with Crippen molar-refractivity contribution < 1.29 is 4.74 Å². The van der Waals surface area contributed by atoms with E-state index < -0.39 is 0 Å². The van der Waals surface area contributed by atoms with Crippen LogP contribution < -0.4 is 0 Å². The molecule has 0 saturated carbocycles. The SMILES string of the molecule is C=NC.C=PC.CN(C)C.COC.CP(C)C.CSC. The number of aliphatic imine (C=N–C) groups is 1. The van der Waals surface area contributed by atoms with Gasteiger partial charge in [-0.1, -0.05) is 6.30 Å². The van der Waals surface area contributed by atoms with Gasteiger partial charge in [0.05, 0.1) is 0 Å². The minimum Gasteiger partial charge on any atom is -0.388 e. The zero-order chi connectivity index (χ0) is 18.0. The minimum absolute atomic E-state index is 0.380. The van der Waals surface area contributed by atoms with Crippen molar-refractivity contribution in [3.8, 4) is 0 Å². The lowest BCUT2D eigenvalue weighted by atomic mass is 11.0. The highest BCUT2D eigenvalue weighted by atomic mass is 32.2. The molecule has 0 N–H and O–H groups in total. The van der Waals surface area contributed by atoms with E-state index in [2.05, 4.69) is 42.7 Å². The average Bonchev–Trinajstić information content (AvgIpc) is 2.18. The molecular weight excluding hydrogens is 306 g/mol. The van der Waals surface area contributed by atoms with Crippen molar-refractivity contribution >= 4 is 40.9 Å². The highest BCUT2D eigenvalue weighted by molar-refractivity contribution is 7.97. The molecule has 0 saturated heterocycles. The second-order valence-corrected chi connectivity index (χ2v) is 8.26. The van der Waals surface area contributed by atoms with Crippen LogP contribution in [0.4, 0.5) is 0 Å². The van der Waals surface area contributed by atoms with Gasteiger partial charge in [0, 0.05) is 21.3 Å². The lowest BCUT2D eigenvalue weighted by Crippen LogP contribution is -1.99. The molecule has 0 aromatic carbocycles. The van der Waals surface area contributed by atoms with Crippen LogP contribution in [-0.2, 0) is 4.74 Å². The molecule has 0 heterocycles. The van der Waals surface area contributed by atoms with Gasteiger partial charge < -0.3 is 14.6 Å². The van der Waals surface area contributed by atoms with Crippen LogP contribution in [0.3, 0.4) is 0 Å². The fourth-order valence-electron chi connectivity index (χ4n) is 0. The van der Waals surface area contributed by atoms with E-state index in [4.69, 9.17) is 0 Å². The molecule has 0 rings (SSSR count). The monoisotopic (exact) mass is 346 g/mol. The van der Waals surface area contributed by atoms with E-state index in [1.807, 2.05) is 45.2 Å². The fraction of sp³-hybridized carbons (Fsp3) is 0.857. The first-order valence-electron chi connectivity index (χ1n) is 5.84. The van der Waals surface area contributed by atoms with Crippen molar-refractivity contribution in [1.29, 1.82) is 0 Å². The Balaban J connectivity index is -0.0000000296. The fourth-order valence-corrected chi connectivity index (χ4v) is 0. The first-order valence-corrected chi connectivity index (χ1v) is 11.7. The topological polar surface area (TPSA) is 24.8 Å². The van der Waals surface area contributed by atoms with Crippen LogP contribution >= 0.6 is 27.9 Å². The smallest absolute Gasteiger partial charge is 0.0351 e. The summed E-state index contributed by atoms with van der Waals surface area (Å²) in [5, 5.41) is 0. The molecular formula is C14H40N2OP2S. The summed E-state index contributed by atoms with van der Waals surface area (Å²) < 4.78 is 4.25. The molecule has 0 bridgehead atoms. The number of ether oxygens (including phenoxy) is 1. The first-order chi connectivity index (χ1) is 9.12. The third-order valence-electron chi connectivity index (χ3n) is 0. The van der Waals surface area contributed by atoms with Gasteiger partial charge >= 0.3 is 0 Å². The summed E-state index contributed by atoms with van der Waals surface area (Å²) >= 11 is 1.75. The molecule has 0 aliphatic carbocycles. The molecule has 0 unspecified atom stereocenters. The van der Waals surface area contributed by atoms with Crippen LogP contribution in [0.5, 0.6) is 0 Å². The van der Waals surface area contributed by atoms with E-state index in [-0.39, 0.29) is 0 Å². The van der Waals surface area contributed by atoms with Gasteiger partial charge in [0.2, 0.25) is 0 Å². The molecule has 0 radical (unpaired) electrons. The van der Waals surface area contributed by atoms with Gasteiger partial charge in [-0.25, -0.2) is 0 Å². The zero-order valence-corrected chi connectivity index (χ0v) is 18.6. The van der Waals surface area contributed by atoms with Gasteiger partial charge in [-0.15, -0.1) is 16.1 Å². The summed E-state index contributed by atoms with van der Waals surface area (Å²) in [4.78, 5) is 5.25. The van der Waals surface area contributed by atoms with E-state index in [0.717, 1.165) is 0 Å². The predicted molar refractivity (Wildman–Crippen MR) is 112 cm³/mol. The van der Waals surface area contributed by atoms with Crippen molar-refractivity contribution in [2.45, 2.75) is 0 Å². The van der Waals surface area contributed by atoms with Crippen molar-refractivity contribution in [2.24, 2.45) is 4.99 Å². The van der Waals surface area contributed by atoms with Gasteiger partial charge in [-0.2, -0.15) is 11.8 Å². The Hall–Kier alpha value is 0.540. The Kier molecular flexibility index (Phi) is 112. The Morgan fingerprint density at radius 1 is 1.10 bits per heavy atom. The zero-order valence-electron chi connectivity index (χ0n) is 16.0. The van der Waals surface area contributed by atoms with Gasteiger partial charge in [0.25, 0.3) is 0 Å².